The Labute approximate surface area is 597 Å². The molecule has 0 radical (unpaired) electrons. The second-order valence-electron chi connectivity index (χ2n) is 25.0. The Morgan fingerprint density at radius 3 is 1.95 bits per heavy atom. The van der Waals surface area contributed by atoms with Crippen LogP contribution in [0.25, 0.3) is 10.9 Å². The number of aliphatic carboxylic acids is 1. The van der Waals surface area contributed by atoms with Gasteiger partial charge in [0.1, 0.15) is 48.8 Å². The lowest BCUT2D eigenvalue weighted by atomic mass is 9.99. The van der Waals surface area contributed by atoms with Gasteiger partial charge in [-0.3, -0.25) is 72.6 Å². The molecule has 15 amide bonds. The third kappa shape index (κ3) is 29.4. The number of aryl methyl sites for hydroxylation is 1. The second-order valence-corrected chi connectivity index (χ2v) is 26.0. The number of unbranched alkanes of at least 4 members (excludes halogenated alkanes) is 4. The molecule has 0 saturated carbocycles. The quantitative estimate of drug-likeness (QED) is 0.0200. The van der Waals surface area contributed by atoms with Gasteiger partial charge in [0.15, 0.2) is 0 Å². The molecule has 1 aliphatic rings. The van der Waals surface area contributed by atoms with Gasteiger partial charge in [0.05, 0.1) is 25.5 Å². The van der Waals surface area contributed by atoms with E-state index in [1.165, 1.54) is 42.2 Å². The number of nitrogens with two attached hydrogens (primary N) is 2. The molecule has 8 atom stereocenters. The number of aromatic amines is 3. The van der Waals surface area contributed by atoms with Crippen molar-refractivity contribution in [1.29, 1.82) is 0 Å². The van der Waals surface area contributed by atoms with Gasteiger partial charge in [-0.1, -0.05) is 44.9 Å². The highest BCUT2D eigenvalue weighted by atomic mass is 32.2. The lowest BCUT2D eigenvalue weighted by Gasteiger charge is -2.29. The highest BCUT2D eigenvalue weighted by Gasteiger charge is 2.39. The molecular formula is C65H97N21O16S. The Morgan fingerprint density at radius 2 is 1.30 bits per heavy atom. The van der Waals surface area contributed by atoms with Gasteiger partial charge >= 0.3 is 18.0 Å². The molecule has 21 N–H and O–H groups in total. The fourth-order valence-electron chi connectivity index (χ4n) is 10.9. The lowest BCUT2D eigenvalue weighted by Crippen LogP contribution is -2.60. The number of carboxylic acids is 1. The standard InChI is InChI=1S/C65H97N21O16S/c1-36(2)54(84-55(93)42(66)29-40-31-68-35-76-40)61(99)82-47(28-39-30-72-43-16-9-8-15-41(39)43)59(97)81-46(21-26-103-5)58(96)80-45(19-20-49(67)87)57(95)78-38(4)62(100)86-25-14-18-48(86)60(98)74-32-51(89)73-33-52(90)79-44(56(94)75-34-53(91)92)17-10-13-24-70-64(101)69-22-11-6-7-12-23-71-65(102)85-63-77-37(3)27-50(88)83-63/h8-9,15-16,27,30-31,35-36,38,42,44-48,54,72H,6-7,10-14,17-26,28-29,32-34,66H2,1-5H3,(H2,67,87)(H,68,76)(H,73,89)(H,74,98)(H,75,94)(H,78,95)(H,79,90)(H,80,96)(H,81,97)(H,82,99)(H,84,93)(H,91,92)(H2,69,70,101)(H3,71,77,83,85,88,102)/t38-,42-,44-,45-,46-,47-,48-,54-/m0/s1. The molecule has 1 aliphatic heterocycles. The first-order valence-corrected chi connectivity index (χ1v) is 35.4. The molecule has 4 aromatic rings. The van der Waals surface area contributed by atoms with Crippen molar-refractivity contribution in [2.24, 2.45) is 17.4 Å². The predicted molar refractivity (Wildman–Crippen MR) is 378 cm³/mol. The van der Waals surface area contributed by atoms with E-state index < -0.39 is 169 Å². The summed E-state index contributed by atoms with van der Waals surface area (Å²) in [6, 6.07) is -2.47. The summed E-state index contributed by atoms with van der Waals surface area (Å²) in [7, 11) is 0. The molecular weight excluding hydrogens is 1360 g/mol. The lowest BCUT2D eigenvalue weighted by molar-refractivity contribution is -0.141. The van der Waals surface area contributed by atoms with Gasteiger partial charge in [-0.15, -0.1) is 0 Å². The number of primary amides is 1. The van der Waals surface area contributed by atoms with Crippen molar-refractivity contribution in [3.8, 4) is 0 Å². The Balaban J connectivity index is 1.09. The van der Waals surface area contributed by atoms with E-state index in [0.29, 0.717) is 61.5 Å². The van der Waals surface area contributed by atoms with Crippen LogP contribution >= 0.6 is 11.8 Å². The summed E-state index contributed by atoms with van der Waals surface area (Å²) in [6.45, 7) is 5.32. The Hall–Kier alpha value is -10.7. The molecule has 0 spiro atoms. The largest absolute Gasteiger partial charge is 0.480 e. The fraction of sp³-hybridized carbons (Fsp3) is 0.554. The van der Waals surface area contributed by atoms with E-state index in [0.717, 1.165) is 23.7 Å². The maximum absolute atomic E-state index is 14.6. The molecule has 0 bridgehead atoms. The van der Waals surface area contributed by atoms with Crippen LogP contribution in [0.1, 0.15) is 115 Å². The van der Waals surface area contributed by atoms with Crippen molar-refractivity contribution in [2.45, 2.75) is 166 Å². The van der Waals surface area contributed by atoms with Crippen molar-refractivity contribution in [2.75, 3.05) is 63.1 Å². The number of aromatic nitrogens is 5. The van der Waals surface area contributed by atoms with Gasteiger partial charge in [-0.05, 0) is 101 Å². The van der Waals surface area contributed by atoms with Gasteiger partial charge in [-0.25, -0.2) is 19.6 Å². The maximum atomic E-state index is 14.6. The van der Waals surface area contributed by atoms with Gasteiger partial charge in [-0.2, -0.15) is 11.8 Å². The summed E-state index contributed by atoms with van der Waals surface area (Å²) in [5, 5.41) is 43.3. The van der Waals surface area contributed by atoms with Gasteiger partial charge < -0.3 is 95.2 Å². The number of anilines is 1. The summed E-state index contributed by atoms with van der Waals surface area (Å²) < 4.78 is 0. The normalized spacial score (nSPS) is 14.6. The summed E-state index contributed by atoms with van der Waals surface area (Å²) in [5.41, 5.74) is 13.7. The van der Waals surface area contributed by atoms with Crippen LogP contribution < -0.4 is 86.1 Å². The molecule has 0 aliphatic carbocycles. The van der Waals surface area contributed by atoms with Crippen LogP contribution in [-0.4, -0.2) is 224 Å². The van der Waals surface area contributed by atoms with Gasteiger partial charge in [0.2, 0.25) is 70.9 Å². The third-order valence-corrected chi connectivity index (χ3v) is 17.0. The van der Waals surface area contributed by atoms with E-state index in [-0.39, 0.29) is 64.0 Å². The average molecular weight is 1460 g/mol. The smallest absolute Gasteiger partial charge is 0.322 e. The minimum absolute atomic E-state index is 0.0167. The summed E-state index contributed by atoms with van der Waals surface area (Å²) in [4.78, 5) is 214. The zero-order valence-electron chi connectivity index (χ0n) is 58.3. The number of H-pyrrole nitrogens is 3. The van der Waals surface area contributed by atoms with Crippen LogP contribution in [-0.2, 0) is 70.4 Å². The molecule has 103 heavy (non-hydrogen) atoms. The van der Waals surface area contributed by atoms with Crippen molar-refractivity contribution >= 4 is 112 Å². The number of nitrogens with one attached hydrogen (secondary N) is 16. The number of imidazole rings is 1. The molecule has 4 heterocycles. The van der Waals surface area contributed by atoms with Crippen LogP contribution in [0.2, 0.25) is 0 Å². The van der Waals surface area contributed by atoms with Gasteiger partial charge in [0, 0.05) is 86.2 Å². The van der Waals surface area contributed by atoms with E-state index in [2.05, 4.69) is 94.0 Å². The van der Waals surface area contributed by atoms with Gasteiger partial charge in [0.25, 0.3) is 5.56 Å². The summed E-state index contributed by atoms with van der Waals surface area (Å²) in [5.74, 6) is -10.2. The average Bonchev–Trinajstić information content (AvgIpc) is 1.18. The second kappa shape index (κ2) is 43.2. The number of urea groups is 2. The zero-order valence-corrected chi connectivity index (χ0v) is 59.2. The molecule has 564 valence electrons. The molecule has 3 aromatic heterocycles. The highest BCUT2D eigenvalue weighted by Crippen LogP contribution is 2.21. The molecule has 1 saturated heterocycles. The topological polar surface area (TPSA) is 561 Å². The van der Waals surface area contributed by atoms with E-state index in [1.54, 1.807) is 39.3 Å². The van der Waals surface area contributed by atoms with Crippen LogP contribution in [0, 0.1) is 12.8 Å². The third-order valence-electron chi connectivity index (χ3n) is 16.4. The number of hydrogen-bond acceptors (Lipinski definition) is 19. The maximum Gasteiger partial charge on any atom is 0.322 e. The van der Waals surface area contributed by atoms with Crippen molar-refractivity contribution in [3.63, 3.8) is 0 Å². The van der Waals surface area contributed by atoms with Crippen LogP contribution in [0.15, 0.2) is 53.8 Å². The Kier molecular flexibility index (Phi) is 34.8. The minimum atomic E-state index is -1.51. The Morgan fingerprint density at radius 1 is 0.670 bits per heavy atom. The number of rotatable bonds is 44. The molecule has 5 rings (SSSR count). The number of fused-ring (bicyclic) bond motifs is 1. The highest BCUT2D eigenvalue weighted by molar-refractivity contribution is 7.98. The number of thioether (sulfide) groups is 1. The molecule has 1 aromatic carbocycles. The fourth-order valence-corrected chi connectivity index (χ4v) is 11.4. The minimum Gasteiger partial charge on any atom is -0.480 e. The number of para-hydroxylation sites is 1. The number of benzene rings is 1. The molecule has 38 heteroatoms. The van der Waals surface area contributed by atoms with E-state index in [1.807, 2.05) is 18.2 Å². The number of nitrogens with zero attached hydrogens (tertiary/aromatic N) is 3. The van der Waals surface area contributed by atoms with Crippen LogP contribution in [0.3, 0.4) is 0 Å². The van der Waals surface area contributed by atoms with E-state index in [4.69, 9.17) is 16.6 Å². The number of amides is 15. The first-order valence-electron chi connectivity index (χ1n) is 34.0. The van der Waals surface area contributed by atoms with Crippen LogP contribution in [0.4, 0.5) is 15.5 Å². The first kappa shape index (κ1) is 83.0. The SMILES string of the molecule is CSCC[C@H](NC(=O)[C@H](Cc1c[nH]c2ccccc12)NC(=O)[C@@H](NC(=O)[C@@H](N)Cc1cnc[nH]1)C(C)C)C(=O)N[C@@H](CCC(N)=O)C(=O)N[C@@H](C)C(=O)N1CCC[C@H]1C(=O)NCC(=O)NCC(=O)N[C@@H](CCCCNC(=O)NCCCCCCNC(=O)Nc1nc(C)cc(=O)[nH]1)C(=O)NCC(=O)O. The van der Waals surface area contributed by atoms with Crippen molar-refractivity contribution < 1.29 is 72.2 Å². The number of likely N-dealkylation sites (tertiary alicyclic amines) is 1. The number of carboxylic acid groups (broad SMARTS) is 1. The Bertz CT molecular complexity index is 3630. The molecule has 37 nitrogen and oxygen atoms in total. The van der Waals surface area contributed by atoms with Crippen LogP contribution in [0.5, 0.6) is 0 Å². The van der Waals surface area contributed by atoms with Crippen molar-refractivity contribution in [1.82, 2.24) is 93.6 Å². The first-order chi connectivity index (χ1) is 49.1. The number of hydrogen-bond donors (Lipinski definition) is 19. The predicted octanol–water partition coefficient (Wildman–Crippen LogP) is -2.73. The molecule has 0 unspecified atom stereocenters. The monoisotopic (exact) mass is 1460 g/mol. The number of carbonyl (C=O) groups is 14. The number of carbonyl (C=O) groups excluding carboxylic acids is 13. The van der Waals surface area contributed by atoms with E-state index >= 15 is 0 Å². The zero-order chi connectivity index (χ0) is 75.5. The summed E-state index contributed by atoms with van der Waals surface area (Å²) in [6.07, 6.45) is 9.73. The van der Waals surface area contributed by atoms with E-state index in [9.17, 15) is 71.9 Å². The van der Waals surface area contributed by atoms with Crippen molar-refractivity contribution in [3.05, 3.63) is 76.4 Å². The molecule has 1 fully saturated rings. The summed E-state index contributed by atoms with van der Waals surface area (Å²) >= 11 is 1.35.